The quantitative estimate of drug-likeness (QED) is 0.720. The van der Waals surface area contributed by atoms with Crippen molar-refractivity contribution in [1.82, 2.24) is 9.78 Å². The van der Waals surface area contributed by atoms with E-state index in [1.165, 1.54) is 16.9 Å². The Morgan fingerprint density at radius 1 is 1.62 bits per heavy atom. The van der Waals surface area contributed by atoms with Gasteiger partial charge in [0.2, 0.25) is 0 Å². The molecule has 1 heterocycles. The molecule has 1 aliphatic rings. The molecule has 0 atom stereocenters. The van der Waals surface area contributed by atoms with Crippen molar-refractivity contribution in [3.8, 4) is 0 Å². The first-order valence-electron chi connectivity index (χ1n) is 4.04. The topological polar surface area (TPSA) is 52.0 Å². The average Bonchev–Trinajstić information content (AvgIpc) is 2.63. The molecule has 4 nitrogen and oxygen atoms in total. The molecule has 0 aromatic carbocycles. The number of rotatable bonds is 3. The van der Waals surface area contributed by atoms with Gasteiger partial charge in [-0.25, -0.2) is 8.42 Å². The van der Waals surface area contributed by atoms with Gasteiger partial charge in [-0.2, -0.15) is 5.10 Å². The minimum atomic E-state index is -3.64. The van der Waals surface area contributed by atoms with Gasteiger partial charge in [0.05, 0.1) is 6.20 Å². The summed E-state index contributed by atoms with van der Waals surface area (Å²) in [6, 6.07) is 1.42. The highest BCUT2D eigenvalue weighted by Gasteiger charge is 2.25. The summed E-state index contributed by atoms with van der Waals surface area (Å²) in [7, 11) is 1.59. The largest absolute Gasteiger partial charge is 0.278 e. The van der Waals surface area contributed by atoms with Crippen LogP contribution in [0.25, 0.3) is 0 Å². The lowest BCUT2D eigenvalue weighted by Gasteiger charge is -2.02. The van der Waals surface area contributed by atoms with Crippen molar-refractivity contribution >= 4 is 19.7 Å². The molecule has 1 saturated carbocycles. The van der Waals surface area contributed by atoms with E-state index in [0.29, 0.717) is 12.5 Å². The van der Waals surface area contributed by atoms with Gasteiger partial charge in [-0.3, -0.25) is 4.68 Å². The van der Waals surface area contributed by atoms with E-state index < -0.39 is 9.05 Å². The van der Waals surface area contributed by atoms with Crippen LogP contribution in [0.2, 0.25) is 0 Å². The van der Waals surface area contributed by atoms with E-state index in [1.807, 2.05) is 0 Å². The molecular weight excluding hydrogens is 212 g/mol. The third-order valence-electron chi connectivity index (χ3n) is 2.06. The lowest BCUT2D eigenvalue weighted by molar-refractivity contribution is 0.510. The van der Waals surface area contributed by atoms with E-state index in [0.717, 1.165) is 12.8 Å². The first kappa shape index (κ1) is 9.02. The van der Waals surface area contributed by atoms with Crippen molar-refractivity contribution < 1.29 is 8.42 Å². The zero-order valence-electron chi connectivity index (χ0n) is 6.85. The molecule has 0 spiro atoms. The van der Waals surface area contributed by atoms with Gasteiger partial charge in [0.25, 0.3) is 9.05 Å². The van der Waals surface area contributed by atoms with E-state index in [4.69, 9.17) is 10.7 Å². The van der Waals surface area contributed by atoms with Gasteiger partial charge >= 0.3 is 0 Å². The van der Waals surface area contributed by atoms with Crippen molar-refractivity contribution in [3.63, 3.8) is 0 Å². The van der Waals surface area contributed by atoms with Gasteiger partial charge in [0.1, 0.15) is 0 Å². The first-order valence-corrected chi connectivity index (χ1v) is 6.35. The maximum atomic E-state index is 11.0. The fraction of sp³-hybridized carbons (Fsp3) is 0.571. The van der Waals surface area contributed by atoms with Crippen LogP contribution in [0.4, 0.5) is 0 Å². The molecule has 1 aliphatic carbocycles. The molecule has 0 unspecified atom stereocenters. The number of hydrogen-bond donors (Lipinski definition) is 0. The van der Waals surface area contributed by atoms with E-state index in [1.54, 1.807) is 0 Å². The molecule has 1 aromatic heterocycles. The maximum absolute atomic E-state index is 11.0. The third kappa shape index (κ3) is 2.03. The lowest BCUT2D eigenvalue weighted by Crippen LogP contribution is -2.08. The van der Waals surface area contributed by atoms with E-state index in [2.05, 4.69) is 5.10 Å². The van der Waals surface area contributed by atoms with Gasteiger partial charge < -0.3 is 0 Å². The lowest BCUT2D eigenvalue weighted by atomic mass is 10.4. The summed E-state index contributed by atoms with van der Waals surface area (Å²) in [5.41, 5.74) is 0. The van der Waals surface area contributed by atoms with Gasteiger partial charge in [-0.1, -0.05) is 0 Å². The zero-order valence-corrected chi connectivity index (χ0v) is 8.42. The summed E-state index contributed by atoms with van der Waals surface area (Å²) < 4.78 is 23.5. The molecule has 0 aliphatic heterocycles. The zero-order chi connectivity index (χ0) is 9.47. The van der Waals surface area contributed by atoms with Crippen LogP contribution in [-0.4, -0.2) is 18.2 Å². The van der Waals surface area contributed by atoms with Crippen molar-refractivity contribution in [2.24, 2.45) is 5.92 Å². The highest BCUT2D eigenvalue weighted by Crippen LogP contribution is 2.31. The van der Waals surface area contributed by atoms with E-state index in [-0.39, 0.29) is 5.03 Å². The predicted molar refractivity (Wildman–Crippen MR) is 48.0 cm³/mol. The molecule has 0 radical (unpaired) electrons. The Labute approximate surface area is 80.9 Å². The maximum Gasteiger partial charge on any atom is 0.278 e. The van der Waals surface area contributed by atoms with E-state index in [9.17, 15) is 8.42 Å². The highest BCUT2D eigenvalue weighted by molar-refractivity contribution is 8.13. The summed E-state index contributed by atoms with van der Waals surface area (Å²) in [6.45, 7) is 0.661. The highest BCUT2D eigenvalue weighted by atomic mass is 35.7. The molecule has 0 amide bonds. The number of hydrogen-bond acceptors (Lipinski definition) is 3. The standard InChI is InChI=1S/C7H9ClN2O2S/c8-13(11,12)7-3-4-9-10(7)5-6-1-2-6/h3-4,6H,1-2,5H2. The SMILES string of the molecule is O=S(=O)(Cl)c1ccnn1CC1CC1. The van der Waals surface area contributed by atoms with Crippen LogP contribution in [0.1, 0.15) is 12.8 Å². The van der Waals surface area contributed by atoms with Crippen molar-refractivity contribution in [2.75, 3.05) is 0 Å². The molecular formula is C7H9ClN2O2S. The number of nitrogens with zero attached hydrogens (tertiary/aromatic N) is 2. The molecule has 72 valence electrons. The smallest absolute Gasteiger partial charge is 0.253 e. The Bertz CT molecular complexity index is 408. The van der Waals surface area contributed by atoms with Crippen LogP contribution >= 0.6 is 10.7 Å². The molecule has 2 rings (SSSR count). The number of aromatic nitrogens is 2. The summed E-state index contributed by atoms with van der Waals surface area (Å²) in [6.07, 6.45) is 3.76. The van der Waals surface area contributed by atoms with Gasteiger partial charge in [-0.15, -0.1) is 0 Å². The minimum Gasteiger partial charge on any atom is -0.253 e. The van der Waals surface area contributed by atoms with Crippen molar-refractivity contribution in [2.45, 2.75) is 24.4 Å². The van der Waals surface area contributed by atoms with Crippen LogP contribution in [0.3, 0.4) is 0 Å². The molecule has 0 N–H and O–H groups in total. The normalized spacial score (nSPS) is 17.6. The van der Waals surface area contributed by atoms with Crippen LogP contribution < -0.4 is 0 Å². The molecule has 1 fully saturated rings. The molecule has 6 heteroatoms. The Hall–Kier alpha value is -0.550. The Morgan fingerprint density at radius 3 is 2.85 bits per heavy atom. The average molecular weight is 221 g/mol. The first-order chi connectivity index (χ1) is 6.07. The monoisotopic (exact) mass is 220 g/mol. The van der Waals surface area contributed by atoms with Crippen molar-refractivity contribution in [3.05, 3.63) is 12.3 Å². The molecule has 13 heavy (non-hydrogen) atoms. The molecule has 0 saturated heterocycles. The Balaban J connectivity index is 2.29. The Morgan fingerprint density at radius 2 is 2.31 bits per heavy atom. The predicted octanol–water partition coefficient (Wildman–Crippen LogP) is 1.22. The van der Waals surface area contributed by atoms with Crippen molar-refractivity contribution in [1.29, 1.82) is 0 Å². The Kier molecular flexibility index (Phi) is 2.08. The van der Waals surface area contributed by atoms with E-state index >= 15 is 0 Å². The molecule has 1 aromatic rings. The second-order valence-electron chi connectivity index (χ2n) is 3.23. The van der Waals surface area contributed by atoms with Gasteiger partial charge in [0, 0.05) is 17.2 Å². The number of halogens is 1. The van der Waals surface area contributed by atoms with Crippen LogP contribution in [0.5, 0.6) is 0 Å². The van der Waals surface area contributed by atoms with Crippen LogP contribution in [-0.2, 0) is 15.6 Å². The summed E-state index contributed by atoms with van der Waals surface area (Å²) >= 11 is 0. The minimum absolute atomic E-state index is 0.0982. The van der Waals surface area contributed by atoms with Crippen LogP contribution in [0, 0.1) is 5.92 Å². The van der Waals surface area contributed by atoms with Gasteiger partial charge in [-0.05, 0) is 24.8 Å². The second kappa shape index (κ2) is 2.99. The third-order valence-corrected chi connectivity index (χ3v) is 3.38. The van der Waals surface area contributed by atoms with Gasteiger partial charge in [0.15, 0.2) is 5.03 Å². The molecule has 0 bridgehead atoms. The van der Waals surface area contributed by atoms with Crippen LogP contribution in [0.15, 0.2) is 17.3 Å². The summed E-state index contributed by atoms with van der Waals surface area (Å²) in [5.74, 6) is 0.581. The second-order valence-corrected chi connectivity index (χ2v) is 5.75. The fourth-order valence-electron chi connectivity index (χ4n) is 1.21. The fourth-order valence-corrected chi connectivity index (χ4v) is 2.20. The summed E-state index contributed by atoms with van der Waals surface area (Å²) in [5, 5.41) is 4.01. The summed E-state index contributed by atoms with van der Waals surface area (Å²) in [4.78, 5) is 0.